The maximum absolute atomic E-state index is 12.4. The van der Waals surface area contributed by atoms with Crippen molar-refractivity contribution in [3.05, 3.63) is 22.4 Å². The van der Waals surface area contributed by atoms with Gasteiger partial charge in [0.2, 0.25) is 0 Å². The van der Waals surface area contributed by atoms with E-state index in [2.05, 4.69) is 20.0 Å². The van der Waals surface area contributed by atoms with Gasteiger partial charge in [0.05, 0.1) is 19.3 Å². The predicted molar refractivity (Wildman–Crippen MR) is 76.9 cm³/mol. The van der Waals surface area contributed by atoms with Crippen molar-refractivity contribution in [2.45, 2.75) is 13.0 Å². The number of aromatic nitrogens is 4. The van der Waals surface area contributed by atoms with Gasteiger partial charge in [0.25, 0.3) is 12.0 Å². The lowest BCUT2D eigenvalue weighted by Crippen LogP contribution is -2.47. The van der Waals surface area contributed by atoms with Gasteiger partial charge in [-0.25, -0.2) is 13.8 Å². The molecule has 1 N–H and O–H groups in total. The number of fused-ring (bicyclic) bond motifs is 1. The molecule has 1 fully saturated rings. The molecule has 1 saturated heterocycles. The first-order valence-electron chi connectivity index (χ1n) is 7.16. The average Bonchev–Trinajstić information content (AvgIpc) is 2.83. The van der Waals surface area contributed by atoms with Gasteiger partial charge in [-0.3, -0.25) is 19.3 Å². The minimum Gasteiger partial charge on any atom is -0.309 e. The number of aryl methyl sites for hydroxylation is 1. The number of hydrogen-bond acceptors (Lipinski definition) is 5. The molecule has 0 unspecified atom stereocenters. The summed E-state index contributed by atoms with van der Waals surface area (Å²) in [5, 5.41) is 4.49. The molecule has 9 heteroatoms. The molecule has 1 aliphatic heterocycles. The Bertz CT molecular complexity index is 704. The van der Waals surface area contributed by atoms with Crippen molar-refractivity contribution in [2.24, 2.45) is 7.05 Å². The summed E-state index contributed by atoms with van der Waals surface area (Å²) >= 11 is 0. The standard InChI is InChI=1S/C13H18F2N6O/c1-19-12-9(6-16-19)13(22)18-11(17-12)8-21-4-2-20(3-5-21)7-10(14)15/h6,10H,2-5,7-8H2,1H3,(H,17,18,22). The monoisotopic (exact) mass is 312 g/mol. The summed E-state index contributed by atoms with van der Waals surface area (Å²) < 4.78 is 26.3. The van der Waals surface area contributed by atoms with Crippen molar-refractivity contribution in [2.75, 3.05) is 32.7 Å². The van der Waals surface area contributed by atoms with Crippen molar-refractivity contribution < 1.29 is 8.78 Å². The number of piperazine rings is 1. The summed E-state index contributed by atoms with van der Waals surface area (Å²) in [7, 11) is 1.74. The first-order chi connectivity index (χ1) is 10.5. The summed E-state index contributed by atoms with van der Waals surface area (Å²) in [6, 6.07) is 0. The quantitative estimate of drug-likeness (QED) is 0.863. The Labute approximate surface area is 125 Å². The zero-order valence-corrected chi connectivity index (χ0v) is 12.3. The second-order valence-electron chi connectivity index (χ2n) is 5.49. The minimum atomic E-state index is -2.29. The number of halogens is 2. The first-order valence-corrected chi connectivity index (χ1v) is 7.16. The molecule has 3 rings (SSSR count). The van der Waals surface area contributed by atoms with Gasteiger partial charge in [-0.2, -0.15) is 5.10 Å². The van der Waals surface area contributed by atoms with E-state index in [1.165, 1.54) is 6.20 Å². The summed E-state index contributed by atoms with van der Waals surface area (Å²) in [6.45, 7) is 2.88. The van der Waals surface area contributed by atoms with Gasteiger partial charge >= 0.3 is 0 Å². The van der Waals surface area contributed by atoms with Crippen molar-refractivity contribution >= 4 is 11.0 Å². The molecule has 0 aromatic carbocycles. The average molecular weight is 312 g/mol. The molecule has 0 aliphatic carbocycles. The largest absolute Gasteiger partial charge is 0.309 e. The Balaban J connectivity index is 1.67. The van der Waals surface area contributed by atoms with E-state index >= 15 is 0 Å². The fourth-order valence-corrected chi connectivity index (χ4v) is 2.69. The molecule has 0 atom stereocenters. The topological polar surface area (TPSA) is 70.1 Å². The molecule has 2 aromatic rings. The van der Waals surface area contributed by atoms with Crippen molar-refractivity contribution in [1.29, 1.82) is 0 Å². The highest BCUT2D eigenvalue weighted by Crippen LogP contribution is 2.09. The zero-order valence-electron chi connectivity index (χ0n) is 12.3. The predicted octanol–water partition coefficient (Wildman–Crippen LogP) is 0.0393. The highest BCUT2D eigenvalue weighted by atomic mass is 19.3. The van der Waals surface area contributed by atoms with Crippen molar-refractivity contribution in [1.82, 2.24) is 29.5 Å². The lowest BCUT2D eigenvalue weighted by atomic mass is 10.3. The molecule has 1 aliphatic rings. The molecule has 0 spiro atoms. The number of aromatic amines is 1. The van der Waals surface area contributed by atoms with Crippen LogP contribution in [0.2, 0.25) is 0 Å². The Hall–Kier alpha value is -1.87. The van der Waals surface area contributed by atoms with E-state index in [4.69, 9.17) is 0 Å². The van der Waals surface area contributed by atoms with Crippen LogP contribution >= 0.6 is 0 Å². The molecular weight excluding hydrogens is 294 g/mol. The Kier molecular flexibility index (Phi) is 4.16. The van der Waals surface area contributed by atoms with E-state index in [0.717, 1.165) is 0 Å². The van der Waals surface area contributed by atoms with E-state index in [0.29, 0.717) is 49.6 Å². The van der Waals surface area contributed by atoms with Gasteiger partial charge in [-0.15, -0.1) is 0 Å². The fourth-order valence-electron chi connectivity index (χ4n) is 2.69. The van der Waals surface area contributed by atoms with Crippen molar-refractivity contribution in [3.8, 4) is 0 Å². The van der Waals surface area contributed by atoms with Crippen LogP contribution in [0.25, 0.3) is 11.0 Å². The minimum absolute atomic E-state index is 0.177. The number of nitrogens with zero attached hydrogens (tertiary/aromatic N) is 5. The Morgan fingerprint density at radius 1 is 1.27 bits per heavy atom. The smallest absolute Gasteiger partial charge is 0.262 e. The van der Waals surface area contributed by atoms with Crippen LogP contribution < -0.4 is 5.56 Å². The Morgan fingerprint density at radius 3 is 2.64 bits per heavy atom. The summed E-state index contributed by atoms with van der Waals surface area (Å²) in [5.41, 5.74) is 0.347. The van der Waals surface area contributed by atoms with E-state index in [1.807, 2.05) is 0 Å². The van der Waals surface area contributed by atoms with Crippen molar-refractivity contribution in [3.63, 3.8) is 0 Å². The number of H-pyrrole nitrogens is 1. The van der Waals surface area contributed by atoms with E-state index in [1.54, 1.807) is 16.6 Å². The molecule has 0 radical (unpaired) electrons. The van der Waals surface area contributed by atoms with E-state index < -0.39 is 6.43 Å². The van der Waals surface area contributed by atoms with Crippen LogP contribution in [0.15, 0.2) is 11.0 Å². The number of rotatable bonds is 4. The summed E-state index contributed by atoms with van der Waals surface area (Å²) in [6.07, 6.45) is -0.801. The maximum atomic E-state index is 12.4. The van der Waals surface area contributed by atoms with Crippen LogP contribution in [0.5, 0.6) is 0 Å². The number of nitrogens with one attached hydrogen (secondary N) is 1. The lowest BCUT2D eigenvalue weighted by Gasteiger charge is -2.34. The molecule has 0 saturated carbocycles. The number of alkyl halides is 2. The van der Waals surface area contributed by atoms with Crippen LogP contribution in [0.1, 0.15) is 5.82 Å². The third kappa shape index (κ3) is 3.14. The highest BCUT2D eigenvalue weighted by molar-refractivity contribution is 5.72. The van der Waals surface area contributed by atoms with Crippen LogP contribution in [0, 0.1) is 0 Å². The highest BCUT2D eigenvalue weighted by Gasteiger charge is 2.20. The zero-order chi connectivity index (χ0) is 15.7. The third-order valence-corrected chi connectivity index (χ3v) is 3.89. The molecule has 0 amide bonds. The second kappa shape index (κ2) is 6.09. The molecule has 7 nitrogen and oxygen atoms in total. The normalized spacial score (nSPS) is 17.6. The van der Waals surface area contributed by atoms with Crippen LogP contribution in [0.4, 0.5) is 8.78 Å². The lowest BCUT2D eigenvalue weighted by molar-refractivity contribution is 0.0536. The van der Waals surface area contributed by atoms with Gasteiger partial charge < -0.3 is 4.98 Å². The van der Waals surface area contributed by atoms with Gasteiger partial charge in [0, 0.05) is 33.2 Å². The van der Waals surface area contributed by atoms with Crippen LogP contribution in [-0.2, 0) is 13.6 Å². The van der Waals surface area contributed by atoms with E-state index in [9.17, 15) is 13.6 Å². The SMILES string of the molecule is Cn1ncc2c(=O)[nH]c(CN3CCN(CC(F)F)CC3)nc21. The van der Waals surface area contributed by atoms with Crippen LogP contribution in [0.3, 0.4) is 0 Å². The summed E-state index contributed by atoms with van der Waals surface area (Å²) in [5.74, 6) is 0.573. The molecule has 2 aromatic heterocycles. The molecular formula is C13H18F2N6O. The molecule has 120 valence electrons. The maximum Gasteiger partial charge on any atom is 0.262 e. The van der Waals surface area contributed by atoms with Gasteiger partial charge in [0.15, 0.2) is 5.65 Å². The van der Waals surface area contributed by atoms with Gasteiger partial charge in [-0.05, 0) is 0 Å². The van der Waals surface area contributed by atoms with Gasteiger partial charge in [0.1, 0.15) is 11.2 Å². The first kappa shape index (κ1) is 15.0. The van der Waals surface area contributed by atoms with E-state index in [-0.39, 0.29) is 12.1 Å². The van der Waals surface area contributed by atoms with Gasteiger partial charge in [-0.1, -0.05) is 0 Å². The number of hydrogen-bond donors (Lipinski definition) is 1. The molecule has 22 heavy (non-hydrogen) atoms. The third-order valence-electron chi connectivity index (χ3n) is 3.89. The molecule has 0 bridgehead atoms. The fraction of sp³-hybridized carbons (Fsp3) is 0.615. The second-order valence-corrected chi connectivity index (χ2v) is 5.49. The summed E-state index contributed by atoms with van der Waals surface area (Å²) in [4.78, 5) is 23.0. The Morgan fingerprint density at radius 2 is 1.95 bits per heavy atom. The molecule has 3 heterocycles. The van der Waals surface area contributed by atoms with Crippen LogP contribution in [-0.4, -0.2) is 68.7 Å².